The van der Waals surface area contributed by atoms with Gasteiger partial charge in [-0.05, 0) is 42.8 Å². The van der Waals surface area contributed by atoms with Crippen molar-refractivity contribution in [2.24, 2.45) is 0 Å². The third kappa shape index (κ3) is 5.65. The smallest absolute Gasteiger partial charge is 0.245 e. The Bertz CT molecular complexity index is 1850. The summed E-state index contributed by atoms with van der Waals surface area (Å²) < 4.78 is 30.6. The lowest BCUT2D eigenvalue weighted by molar-refractivity contribution is -0.138. The van der Waals surface area contributed by atoms with Crippen LogP contribution in [-0.4, -0.2) is 75.6 Å². The lowest BCUT2D eigenvalue weighted by atomic mass is 10.0. The van der Waals surface area contributed by atoms with Gasteiger partial charge in [0.15, 0.2) is 17.4 Å². The molecule has 6 rings (SSSR count). The standard InChI is InChI=1S/C30H26F2N8O3/c1-17(41)30-24-9-19(20-12-33-18(2)34-13-20)3-5-25(24)40(37-30)16-29(43)38-15-22(32)10-26(38)27(42)11-23-7-8-39(36-23)28-6-4-21(31)14-35-28/h3-9,12-14,22,26H,10-11,15-16H2,1-2H3/t22-,26+/m1/s1. The molecule has 2 atom stereocenters. The van der Waals surface area contributed by atoms with E-state index < -0.39 is 23.9 Å². The molecule has 1 aliphatic heterocycles. The Hall–Kier alpha value is -5.20. The average Bonchev–Trinajstić information content (AvgIpc) is 3.71. The van der Waals surface area contributed by atoms with Gasteiger partial charge in [0, 0.05) is 42.9 Å². The van der Waals surface area contributed by atoms with Crippen molar-refractivity contribution in [1.82, 2.24) is 39.4 Å². The Morgan fingerprint density at radius 2 is 1.77 bits per heavy atom. The predicted octanol–water partition coefficient (Wildman–Crippen LogP) is 3.47. The molecule has 0 unspecified atom stereocenters. The number of halogens is 2. The highest BCUT2D eigenvalue weighted by Crippen LogP contribution is 2.28. The molecule has 13 heteroatoms. The highest BCUT2D eigenvalue weighted by molar-refractivity contribution is 6.06. The lowest BCUT2D eigenvalue weighted by Crippen LogP contribution is -2.43. The van der Waals surface area contributed by atoms with Crippen molar-refractivity contribution in [3.8, 4) is 16.9 Å². The molecule has 5 heterocycles. The number of alkyl halides is 1. The Kier molecular flexibility index (Phi) is 7.30. The van der Waals surface area contributed by atoms with Crippen LogP contribution >= 0.6 is 0 Å². The van der Waals surface area contributed by atoms with E-state index in [0.29, 0.717) is 28.2 Å². The maximum absolute atomic E-state index is 14.6. The van der Waals surface area contributed by atoms with Crippen LogP contribution in [-0.2, 0) is 22.6 Å². The predicted molar refractivity (Wildman–Crippen MR) is 151 cm³/mol. The van der Waals surface area contributed by atoms with E-state index in [0.717, 1.165) is 17.3 Å². The van der Waals surface area contributed by atoms with Crippen LogP contribution < -0.4 is 0 Å². The minimum atomic E-state index is -1.36. The molecule has 218 valence electrons. The molecule has 0 spiro atoms. The number of nitrogens with zero attached hydrogens (tertiary/aromatic N) is 8. The largest absolute Gasteiger partial charge is 0.328 e. The summed E-state index contributed by atoms with van der Waals surface area (Å²) in [5.41, 5.74) is 2.70. The minimum Gasteiger partial charge on any atom is -0.328 e. The van der Waals surface area contributed by atoms with Gasteiger partial charge in [-0.1, -0.05) is 6.07 Å². The van der Waals surface area contributed by atoms with Crippen molar-refractivity contribution < 1.29 is 23.2 Å². The SMILES string of the molecule is CC(=O)c1nn(CC(=O)N2C[C@H](F)C[C@H]2C(=O)Cc2ccn(-c3ccc(F)cn3)n2)c2ccc(-c3cnc(C)nc3)cc12. The minimum absolute atomic E-state index is 0.120. The molecule has 0 N–H and O–H groups in total. The molecule has 11 nitrogen and oxygen atoms in total. The van der Waals surface area contributed by atoms with Crippen LogP contribution in [0.1, 0.15) is 35.4 Å². The second-order valence-electron chi connectivity index (χ2n) is 10.4. The van der Waals surface area contributed by atoms with E-state index in [1.54, 1.807) is 43.7 Å². The van der Waals surface area contributed by atoms with Crippen molar-refractivity contribution >= 4 is 28.4 Å². The van der Waals surface area contributed by atoms with Crippen molar-refractivity contribution in [3.63, 3.8) is 0 Å². The summed E-state index contributed by atoms with van der Waals surface area (Å²) in [6.07, 6.45) is 4.42. The van der Waals surface area contributed by atoms with Crippen LogP contribution in [0.25, 0.3) is 27.8 Å². The zero-order valence-electron chi connectivity index (χ0n) is 23.3. The second kappa shape index (κ2) is 11.2. The van der Waals surface area contributed by atoms with Crippen LogP contribution in [0.3, 0.4) is 0 Å². The van der Waals surface area contributed by atoms with Gasteiger partial charge in [0.05, 0.1) is 36.4 Å². The third-order valence-corrected chi connectivity index (χ3v) is 7.37. The molecular formula is C30H26F2N8O3. The number of carbonyl (C=O) groups is 3. The number of rotatable bonds is 8. The van der Waals surface area contributed by atoms with Crippen molar-refractivity contribution in [1.29, 1.82) is 0 Å². The number of Topliss-reactive ketones (excluding diaryl/α,β-unsaturated/α-hetero) is 2. The Labute approximate surface area is 244 Å². The molecule has 1 amide bonds. The molecule has 43 heavy (non-hydrogen) atoms. The van der Waals surface area contributed by atoms with Crippen LogP contribution in [0.2, 0.25) is 0 Å². The Balaban J connectivity index is 1.21. The fourth-order valence-corrected chi connectivity index (χ4v) is 5.25. The van der Waals surface area contributed by atoms with Crippen LogP contribution in [0, 0.1) is 12.7 Å². The molecule has 1 aliphatic rings. The van der Waals surface area contributed by atoms with E-state index in [4.69, 9.17) is 0 Å². The Morgan fingerprint density at radius 1 is 0.977 bits per heavy atom. The number of aryl methyl sites for hydroxylation is 1. The third-order valence-electron chi connectivity index (χ3n) is 7.37. The average molecular weight is 585 g/mol. The zero-order valence-corrected chi connectivity index (χ0v) is 23.3. The molecule has 5 aromatic rings. The van der Waals surface area contributed by atoms with Gasteiger partial charge in [-0.2, -0.15) is 10.2 Å². The van der Waals surface area contributed by atoms with E-state index in [1.165, 1.54) is 33.3 Å². The molecule has 1 aromatic carbocycles. The van der Waals surface area contributed by atoms with E-state index in [1.807, 2.05) is 6.07 Å². The summed E-state index contributed by atoms with van der Waals surface area (Å²) in [6, 6.07) is 8.73. The first kappa shape index (κ1) is 27.9. The quantitative estimate of drug-likeness (QED) is 0.254. The van der Waals surface area contributed by atoms with Crippen molar-refractivity contribution in [2.75, 3.05) is 6.54 Å². The summed E-state index contributed by atoms with van der Waals surface area (Å²) in [5.74, 6) is -0.604. The summed E-state index contributed by atoms with van der Waals surface area (Å²) in [7, 11) is 0. The van der Waals surface area contributed by atoms with Crippen LogP contribution in [0.15, 0.2) is 61.2 Å². The number of aromatic nitrogens is 7. The first-order valence-corrected chi connectivity index (χ1v) is 13.6. The lowest BCUT2D eigenvalue weighted by Gasteiger charge is -2.23. The maximum Gasteiger partial charge on any atom is 0.245 e. The summed E-state index contributed by atoms with van der Waals surface area (Å²) in [5, 5.41) is 9.29. The zero-order chi connectivity index (χ0) is 30.2. The molecule has 0 radical (unpaired) electrons. The van der Waals surface area contributed by atoms with Crippen LogP contribution in [0.5, 0.6) is 0 Å². The van der Waals surface area contributed by atoms with Gasteiger partial charge in [-0.25, -0.2) is 28.4 Å². The van der Waals surface area contributed by atoms with Crippen molar-refractivity contribution in [2.45, 2.75) is 45.4 Å². The number of pyridine rings is 1. The number of ketones is 2. The first-order chi connectivity index (χ1) is 20.7. The van der Waals surface area contributed by atoms with Gasteiger partial charge in [0.1, 0.15) is 30.1 Å². The molecular weight excluding hydrogens is 558 g/mol. The summed E-state index contributed by atoms with van der Waals surface area (Å²) >= 11 is 0. The molecule has 0 aliphatic carbocycles. The number of fused-ring (bicyclic) bond motifs is 1. The topological polar surface area (TPSA) is 129 Å². The highest BCUT2D eigenvalue weighted by atomic mass is 19.1. The molecule has 1 saturated heterocycles. The summed E-state index contributed by atoms with van der Waals surface area (Å²) in [4.78, 5) is 52.8. The molecule has 4 aromatic heterocycles. The fraction of sp³-hybridized carbons (Fsp3) is 0.267. The fourth-order valence-electron chi connectivity index (χ4n) is 5.25. The van der Waals surface area contributed by atoms with E-state index in [2.05, 4.69) is 25.1 Å². The van der Waals surface area contributed by atoms with Gasteiger partial charge in [0.2, 0.25) is 5.91 Å². The molecule has 0 saturated carbocycles. The first-order valence-electron chi connectivity index (χ1n) is 13.6. The van der Waals surface area contributed by atoms with Crippen molar-refractivity contribution in [3.05, 3.63) is 84.2 Å². The number of likely N-dealkylation sites (tertiary alicyclic amines) is 1. The molecule has 1 fully saturated rings. The van der Waals surface area contributed by atoms with Gasteiger partial charge >= 0.3 is 0 Å². The van der Waals surface area contributed by atoms with E-state index in [-0.39, 0.29) is 43.2 Å². The highest BCUT2D eigenvalue weighted by Gasteiger charge is 2.40. The van der Waals surface area contributed by atoms with Crippen LogP contribution in [0.4, 0.5) is 8.78 Å². The number of benzene rings is 1. The maximum atomic E-state index is 14.6. The normalized spacial score (nSPS) is 16.6. The monoisotopic (exact) mass is 584 g/mol. The van der Waals surface area contributed by atoms with E-state index in [9.17, 15) is 23.2 Å². The number of carbonyl (C=O) groups excluding carboxylic acids is 3. The van der Waals surface area contributed by atoms with Gasteiger partial charge in [-0.15, -0.1) is 0 Å². The Morgan fingerprint density at radius 3 is 2.49 bits per heavy atom. The number of hydrogen-bond donors (Lipinski definition) is 0. The number of hydrogen-bond acceptors (Lipinski definition) is 8. The van der Waals surface area contributed by atoms with Gasteiger partial charge in [-0.3, -0.25) is 19.1 Å². The second-order valence-corrected chi connectivity index (χ2v) is 10.4. The molecule has 0 bridgehead atoms. The van der Waals surface area contributed by atoms with Gasteiger partial charge in [0.25, 0.3) is 0 Å². The van der Waals surface area contributed by atoms with E-state index >= 15 is 0 Å². The van der Waals surface area contributed by atoms with Gasteiger partial charge < -0.3 is 4.90 Å². The number of amides is 1. The summed E-state index contributed by atoms with van der Waals surface area (Å²) in [6.45, 7) is 2.68.